The molecule has 0 aliphatic carbocycles. The van der Waals surface area contributed by atoms with Gasteiger partial charge < -0.3 is 5.32 Å². The summed E-state index contributed by atoms with van der Waals surface area (Å²) in [4.78, 5) is 13.0. The van der Waals surface area contributed by atoms with E-state index in [1.807, 2.05) is 54.6 Å². The van der Waals surface area contributed by atoms with Crippen LogP contribution in [-0.4, -0.2) is 25.2 Å². The summed E-state index contributed by atoms with van der Waals surface area (Å²) < 4.78 is 40.6. The fourth-order valence-corrected chi connectivity index (χ4v) is 5.61. The van der Waals surface area contributed by atoms with E-state index < -0.39 is 15.8 Å². The smallest absolute Gasteiger partial charge is 0.256 e. The highest BCUT2D eigenvalue weighted by Crippen LogP contribution is 2.28. The molecule has 0 unspecified atom stereocenters. The number of sulfonamides is 1. The van der Waals surface area contributed by atoms with Crippen molar-refractivity contribution in [3.63, 3.8) is 0 Å². The van der Waals surface area contributed by atoms with E-state index in [2.05, 4.69) is 5.32 Å². The lowest BCUT2D eigenvalue weighted by Gasteiger charge is -2.28. The van der Waals surface area contributed by atoms with Gasteiger partial charge in [0.05, 0.1) is 4.90 Å². The van der Waals surface area contributed by atoms with Gasteiger partial charge in [0.2, 0.25) is 10.0 Å². The molecule has 0 saturated heterocycles. The van der Waals surface area contributed by atoms with Crippen molar-refractivity contribution in [2.24, 2.45) is 0 Å². The van der Waals surface area contributed by atoms with Crippen molar-refractivity contribution >= 4 is 32.4 Å². The minimum absolute atomic E-state index is 0.0627. The van der Waals surface area contributed by atoms with Crippen LogP contribution >= 0.6 is 0 Å². The summed E-state index contributed by atoms with van der Waals surface area (Å²) in [6.45, 7) is 0.529. The second-order valence-electron chi connectivity index (χ2n) is 8.01. The quantitative estimate of drug-likeness (QED) is 0.467. The zero-order chi connectivity index (χ0) is 23.0. The molecule has 0 aromatic heterocycles. The van der Waals surface area contributed by atoms with Gasteiger partial charge in [0, 0.05) is 24.3 Å². The van der Waals surface area contributed by atoms with Gasteiger partial charge in [0.1, 0.15) is 5.82 Å². The third-order valence-corrected chi connectivity index (χ3v) is 7.79. The minimum atomic E-state index is -3.75. The molecule has 0 saturated carbocycles. The van der Waals surface area contributed by atoms with E-state index in [-0.39, 0.29) is 17.3 Å². The summed E-state index contributed by atoms with van der Waals surface area (Å²) in [6.07, 6.45) is 0.563. The SMILES string of the molecule is O=C(Nc1ccc2c(c1)CN(S(=O)(=O)c1ccc(F)cc1)CC2)c1cccc2ccccc12. The summed E-state index contributed by atoms with van der Waals surface area (Å²) in [6, 6.07) is 23.7. The van der Waals surface area contributed by atoms with E-state index >= 15 is 0 Å². The molecule has 1 aliphatic rings. The number of hydrogen-bond acceptors (Lipinski definition) is 3. The maximum absolute atomic E-state index is 13.2. The first-order chi connectivity index (χ1) is 15.9. The molecule has 0 fully saturated rings. The molecule has 0 radical (unpaired) electrons. The summed E-state index contributed by atoms with van der Waals surface area (Å²) in [5.74, 6) is -0.706. The van der Waals surface area contributed by atoms with Crippen LogP contribution in [0.1, 0.15) is 21.5 Å². The normalized spacial score (nSPS) is 14.1. The Hall–Kier alpha value is -3.55. The van der Waals surface area contributed by atoms with Gasteiger partial charge in [0.15, 0.2) is 0 Å². The standard InChI is InChI=1S/C26H21FN2O3S/c27-21-9-12-23(13-10-21)33(31,32)29-15-14-18-8-11-22(16-20(18)17-29)28-26(30)25-7-3-5-19-4-1-2-6-24(19)25/h1-13,16H,14-15,17H2,(H,28,30). The van der Waals surface area contributed by atoms with Crippen molar-refractivity contribution in [1.29, 1.82) is 0 Å². The van der Waals surface area contributed by atoms with Gasteiger partial charge >= 0.3 is 0 Å². The molecule has 1 N–H and O–H groups in total. The number of hydrogen-bond donors (Lipinski definition) is 1. The van der Waals surface area contributed by atoms with E-state index in [0.29, 0.717) is 24.2 Å². The number of benzene rings is 4. The second kappa shape index (κ2) is 8.42. The Morgan fingerprint density at radius 2 is 1.64 bits per heavy atom. The summed E-state index contributed by atoms with van der Waals surface area (Å²) in [7, 11) is -3.75. The number of nitrogens with zero attached hydrogens (tertiary/aromatic N) is 1. The largest absolute Gasteiger partial charge is 0.322 e. The van der Waals surface area contributed by atoms with Crippen LogP contribution in [0.4, 0.5) is 10.1 Å². The average Bonchev–Trinajstić information content (AvgIpc) is 2.83. The fraction of sp³-hybridized carbons (Fsp3) is 0.115. The molecule has 166 valence electrons. The van der Waals surface area contributed by atoms with Gasteiger partial charge in [-0.1, -0.05) is 42.5 Å². The van der Waals surface area contributed by atoms with Crippen LogP contribution in [0.15, 0.2) is 89.8 Å². The lowest BCUT2D eigenvalue weighted by atomic mass is 10.00. The number of rotatable bonds is 4. The molecule has 5 rings (SSSR count). The molecule has 0 bridgehead atoms. The molecule has 4 aromatic rings. The first-order valence-corrected chi connectivity index (χ1v) is 12.0. The zero-order valence-corrected chi connectivity index (χ0v) is 18.5. The Morgan fingerprint density at radius 3 is 2.45 bits per heavy atom. The van der Waals surface area contributed by atoms with Crippen LogP contribution in [0.5, 0.6) is 0 Å². The van der Waals surface area contributed by atoms with Gasteiger partial charge in [-0.25, -0.2) is 12.8 Å². The van der Waals surface area contributed by atoms with Crippen molar-refractivity contribution in [3.8, 4) is 0 Å². The second-order valence-corrected chi connectivity index (χ2v) is 9.94. The van der Waals surface area contributed by atoms with Crippen LogP contribution in [0.3, 0.4) is 0 Å². The Labute approximate surface area is 191 Å². The van der Waals surface area contributed by atoms with Crippen LogP contribution < -0.4 is 5.32 Å². The van der Waals surface area contributed by atoms with Crippen molar-refractivity contribution in [2.45, 2.75) is 17.9 Å². The van der Waals surface area contributed by atoms with Gasteiger partial charge in [-0.2, -0.15) is 4.31 Å². The van der Waals surface area contributed by atoms with Crippen molar-refractivity contribution < 1.29 is 17.6 Å². The van der Waals surface area contributed by atoms with Crippen LogP contribution in [0.25, 0.3) is 10.8 Å². The third kappa shape index (κ3) is 4.13. The Morgan fingerprint density at radius 1 is 0.879 bits per heavy atom. The van der Waals surface area contributed by atoms with Crippen molar-refractivity contribution in [1.82, 2.24) is 4.31 Å². The summed E-state index contributed by atoms with van der Waals surface area (Å²) in [5, 5.41) is 4.79. The topological polar surface area (TPSA) is 66.5 Å². The molecular weight excluding hydrogens is 439 g/mol. The first kappa shape index (κ1) is 21.3. The monoisotopic (exact) mass is 460 g/mol. The van der Waals surface area contributed by atoms with Gasteiger partial charge in [-0.3, -0.25) is 4.79 Å². The number of fused-ring (bicyclic) bond motifs is 2. The third-order valence-electron chi connectivity index (χ3n) is 5.93. The predicted octanol–water partition coefficient (Wildman–Crippen LogP) is 4.98. The van der Waals surface area contributed by atoms with Gasteiger partial charge in [-0.05, 0) is 70.8 Å². The number of anilines is 1. The molecule has 1 amide bonds. The highest BCUT2D eigenvalue weighted by molar-refractivity contribution is 7.89. The van der Waals surface area contributed by atoms with Crippen LogP contribution in [0.2, 0.25) is 0 Å². The minimum Gasteiger partial charge on any atom is -0.322 e. The first-order valence-electron chi connectivity index (χ1n) is 10.6. The van der Waals surface area contributed by atoms with Crippen molar-refractivity contribution in [2.75, 3.05) is 11.9 Å². The van der Waals surface area contributed by atoms with E-state index in [9.17, 15) is 17.6 Å². The van der Waals surface area contributed by atoms with Gasteiger partial charge in [-0.15, -0.1) is 0 Å². The number of amides is 1. The maximum atomic E-state index is 13.2. The number of halogens is 1. The summed E-state index contributed by atoms with van der Waals surface area (Å²) in [5.41, 5.74) is 3.06. The molecule has 5 nitrogen and oxygen atoms in total. The van der Waals surface area contributed by atoms with Crippen LogP contribution in [0, 0.1) is 5.82 Å². The fourth-order valence-electron chi connectivity index (χ4n) is 4.19. The summed E-state index contributed by atoms with van der Waals surface area (Å²) >= 11 is 0. The Bertz CT molecular complexity index is 1460. The number of carbonyl (C=O) groups excluding carboxylic acids is 1. The molecule has 7 heteroatoms. The van der Waals surface area contributed by atoms with E-state index in [1.165, 1.54) is 16.4 Å². The molecule has 33 heavy (non-hydrogen) atoms. The molecule has 0 atom stereocenters. The van der Waals surface area contributed by atoms with E-state index in [1.54, 1.807) is 6.07 Å². The molecular formula is C26H21FN2O3S. The predicted molar refractivity (Wildman–Crippen MR) is 126 cm³/mol. The average molecular weight is 461 g/mol. The lowest BCUT2D eigenvalue weighted by Crippen LogP contribution is -2.36. The zero-order valence-electron chi connectivity index (χ0n) is 17.7. The van der Waals surface area contributed by atoms with E-state index in [0.717, 1.165) is 34.0 Å². The molecule has 4 aromatic carbocycles. The maximum Gasteiger partial charge on any atom is 0.256 e. The number of nitrogens with one attached hydrogen (secondary N) is 1. The van der Waals surface area contributed by atoms with Crippen molar-refractivity contribution in [3.05, 3.63) is 107 Å². The highest BCUT2D eigenvalue weighted by Gasteiger charge is 2.28. The van der Waals surface area contributed by atoms with Gasteiger partial charge in [0.25, 0.3) is 5.91 Å². The Balaban J connectivity index is 1.39. The molecule has 0 spiro atoms. The van der Waals surface area contributed by atoms with Crippen LogP contribution in [-0.2, 0) is 23.0 Å². The molecule has 1 aliphatic heterocycles. The molecule has 1 heterocycles. The lowest BCUT2D eigenvalue weighted by molar-refractivity contribution is 0.102. The number of carbonyl (C=O) groups is 1. The Kier molecular flexibility index (Phi) is 5.44. The highest BCUT2D eigenvalue weighted by atomic mass is 32.2. The van der Waals surface area contributed by atoms with E-state index in [4.69, 9.17) is 0 Å².